The first-order chi connectivity index (χ1) is 9.70. The van der Waals surface area contributed by atoms with Crippen LogP contribution < -0.4 is 5.32 Å². The topological polar surface area (TPSA) is 12.0 Å². The highest BCUT2D eigenvalue weighted by Gasteiger charge is 2.45. The monoisotopic (exact) mass is 349 g/mol. The summed E-state index contributed by atoms with van der Waals surface area (Å²) in [6.07, 6.45) is 1.30. The van der Waals surface area contributed by atoms with Crippen LogP contribution in [0.15, 0.2) is 40.9 Å². The molecule has 1 aromatic carbocycles. The van der Waals surface area contributed by atoms with Crippen molar-refractivity contribution in [2.24, 2.45) is 5.92 Å². The molecule has 1 aliphatic carbocycles. The zero-order valence-corrected chi connectivity index (χ0v) is 14.3. The van der Waals surface area contributed by atoms with E-state index in [-0.39, 0.29) is 0 Å². The van der Waals surface area contributed by atoms with Crippen LogP contribution in [0.25, 0.3) is 0 Å². The van der Waals surface area contributed by atoms with Gasteiger partial charge in [-0.25, -0.2) is 0 Å². The molecule has 1 aliphatic rings. The number of rotatable bonds is 5. The third kappa shape index (κ3) is 2.85. The van der Waals surface area contributed by atoms with Crippen molar-refractivity contribution >= 4 is 27.3 Å². The Labute approximate surface area is 133 Å². The van der Waals surface area contributed by atoms with E-state index < -0.39 is 0 Å². The summed E-state index contributed by atoms with van der Waals surface area (Å²) in [6, 6.07) is 13.7. The number of hydrogen-bond donors (Lipinski definition) is 1. The quantitative estimate of drug-likeness (QED) is 0.774. The van der Waals surface area contributed by atoms with Crippen LogP contribution in [-0.4, -0.2) is 6.54 Å². The summed E-state index contributed by atoms with van der Waals surface area (Å²) < 4.78 is 1.27. The third-order valence-corrected chi connectivity index (χ3v) is 6.09. The molecule has 3 atom stereocenters. The molecular weight excluding hydrogens is 330 g/mol. The molecule has 0 aliphatic heterocycles. The number of hydrogen-bond acceptors (Lipinski definition) is 2. The summed E-state index contributed by atoms with van der Waals surface area (Å²) in [4.78, 5) is 2.85. The maximum atomic E-state index is 3.73. The fourth-order valence-electron chi connectivity index (χ4n) is 3.04. The molecule has 3 rings (SSSR count). The van der Waals surface area contributed by atoms with Crippen LogP contribution in [0, 0.1) is 12.8 Å². The molecule has 1 nitrogen and oxygen atoms in total. The van der Waals surface area contributed by atoms with E-state index in [1.807, 2.05) is 11.3 Å². The predicted molar refractivity (Wildman–Crippen MR) is 90.5 cm³/mol. The van der Waals surface area contributed by atoms with E-state index in [9.17, 15) is 0 Å². The van der Waals surface area contributed by atoms with Gasteiger partial charge in [-0.05, 0) is 59.3 Å². The fraction of sp³-hybridized carbons (Fsp3) is 0.412. The Hall–Kier alpha value is -0.640. The predicted octanol–water partition coefficient (Wildman–Crippen LogP) is 5.27. The molecule has 0 bridgehead atoms. The molecule has 0 spiro atoms. The van der Waals surface area contributed by atoms with Gasteiger partial charge in [-0.1, -0.05) is 37.3 Å². The molecule has 0 radical (unpaired) electrons. The molecule has 2 aromatic rings. The van der Waals surface area contributed by atoms with Crippen LogP contribution in [0.1, 0.15) is 40.6 Å². The Morgan fingerprint density at radius 1 is 1.35 bits per heavy atom. The van der Waals surface area contributed by atoms with Crippen molar-refractivity contribution in [1.82, 2.24) is 5.32 Å². The maximum absolute atomic E-state index is 3.73. The Morgan fingerprint density at radius 3 is 2.70 bits per heavy atom. The molecule has 3 heteroatoms. The zero-order valence-electron chi connectivity index (χ0n) is 11.9. The standard InChI is InChI=1S/C17H20BrNS/c1-3-19-16(17-15(18)9-11(2)20-17)14-10-13(14)12-7-5-4-6-8-12/h4-9,13-14,16,19H,3,10H2,1-2H3. The highest BCUT2D eigenvalue weighted by atomic mass is 79.9. The Bertz CT molecular complexity index is 578. The van der Waals surface area contributed by atoms with Gasteiger partial charge in [-0.15, -0.1) is 11.3 Å². The summed E-state index contributed by atoms with van der Waals surface area (Å²) in [5, 5.41) is 3.70. The lowest BCUT2D eigenvalue weighted by molar-refractivity contribution is 0.493. The molecule has 1 heterocycles. The number of nitrogens with one attached hydrogen (secondary N) is 1. The lowest BCUT2D eigenvalue weighted by atomic mass is 10.0. The molecule has 1 N–H and O–H groups in total. The van der Waals surface area contributed by atoms with E-state index in [4.69, 9.17) is 0 Å². The van der Waals surface area contributed by atoms with Crippen molar-refractivity contribution in [3.63, 3.8) is 0 Å². The van der Waals surface area contributed by atoms with Crippen LogP contribution in [0.5, 0.6) is 0 Å². The first kappa shape index (κ1) is 14.3. The largest absolute Gasteiger partial charge is 0.309 e. The van der Waals surface area contributed by atoms with Gasteiger partial charge in [0.05, 0.1) is 0 Å². The molecule has 0 amide bonds. The van der Waals surface area contributed by atoms with Gasteiger partial charge in [0.15, 0.2) is 0 Å². The van der Waals surface area contributed by atoms with Gasteiger partial charge in [0.25, 0.3) is 0 Å². The molecule has 1 aromatic heterocycles. The lowest BCUT2D eigenvalue weighted by Crippen LogP contribution is -2.22. The second kappa shape index (κ2) is 6.00. The van der Waals surface area contributed by atoms with E-state index in [0.717, 1.165) is 18.4 Å². The van der Waals surface area contributed by atoms with Crippen molar-refractivity contribution in [3.8, 4) is 0 Å². The fourth-order valence-corrected chi connectivity index (χ4v) is 5.09. The first-order valence-corrected chi connectivity index (χ1v) is 8.85. The van der Waals surface area contributed by atoms with E-state index in [0.29, 0.717) is 6.04 Å². The van der Waals surface area contributed by atoms with Crippen molar-refractivity contribution in [2.45, 2.75) is 32.2 Å². The Kier molecular flexibility index (Phi) is 4.29. The van der Waals surface area contributed by atoms with E-state index in [1.54, 1.807) is 0 Å². The van der Waals surface area contributed by atoms with Gasteiger partial charge in [0.1, 0.15) is 0 Å². The zero-order chi connectivity index (χ0) is 14.1. The van der Waals surface area contributed by atoms with Crippen molar-refractivity contribution in [2.75, 3.05) is 6.54 Å². The molecule has 20 heavy (non-hydrogen) atoms. The highest BCUT2D eigenvalue weighted by molar-refractivity contribution is 9.10. The smallest absolute Gasteiger partial charge is 0.0460 e. The lowest BCUT2D eigenvalue weighted by Gasteiger charge is -2.17. The third-order valence-electron chi connectivity index (χ3n) is 4.04. The summed E-state index contributed by atoms with van der Waals surface area (Å²) >= 11 is 5.65. The molecule has 106 valence electrons. The molecule has 1 fully saturated rings. The number of aryl methyl sites for hydroxylation is 1. The van der Waals surface area contributed by atoms with Gasteiger partial charge in [0, 0.05) is 20.3 Å². The van der Waals surface area contributed by atoms with Crippen molar-refractivity contribution in [3.05, 3.63) is 56.2 Å². The minimum atomic E-state index is 0.485. The van der Waals surface area contributed by atoms with Gasteiger partial charge in [0.2, 0.25) is 0 Å². The number of thiophene rings is 1. The number of benzene rings is 1. The van der Waals surface area contributed by atoms with Gasteiger partial charge in [-0.2, -0.15) is 0 Å². The van der Waals surface area contributed by atoms with Crippen LogP contribution in [0.3, 0.4) is 0 Å². The molecule has 0 saturated heterocycles. The Balaban J connectivity index is 1.81. The summed E-state index contributed by atoms with van der Waals surface area (Å²) in [7, 11) is 0. The molecule has 3 unspecified atom stereocenters. The summed E-state index contributed by atoms with van der Waals surface area (Å²) in [6.45, 7) is 5.40. The van der Waals surface area contributed by atoms with Crippen LogP contribution in [0.2, 0.25) is 0 Å². The van der Waals surface area contributed by atoms with Crippen molar-refractivity contribution < 1.29 is 0 Å². The van der Waals surface area contributed by atoms with E-state index >= 15 is 0 Å². The maximum Gasteiger partial charge on any atom is 0.0460 e. The molecule has 1 saturated carbocycles. The van der Waals surface area contributed by atoms with Crippen LogP contribution in [0.4, 0.5) is 0 Å². The average Bonchev–Trinajstić information content (AvgIpc) is 3.17. The summed E-state index contributed by atoms with van der Waals surface area (Å²) in [5.41, 5.74) is 1.49. The van der Waals surface area contributed by atoms with Crippen LogP contribution >= 0.6 is 27.3 Å². The second-order valence-electron chi connectivity index (χ2n) is 5.52. The number of halogens is 1. The minimum absolute atomic E-state index is 0.485. The average molecular weight is 350 g/mol. The van der Waals surface area contributed by atoms with E-state index in [2.05, 4.69) is 71.5 Å². The van der Waals surface area contributed by atoms with Crippen molar-refractivity contribution in [1.29, 1.82) is 0 Å². The first-order valence-electron chi connectivity index (χ1n) is 7.25. The summed E-state index contributed by atoms with van der Waals surface area (Å²) in [5.74, 6) is 1.45. The van der Waals surface area contributed by atoms with Gasteiger partial charge < -0.3 is 5.32 Å². The highest BCUT2D eigenvalue weighted by Crippen LogP contribution is 2.55. The van der Waals surface area contributed by atoms with Gasteiger partial charge >= 0.3 is 0 Å². The van der Waals surface area contributed by atoms with Gasteiger partial charge in [-0.3, -0.25) is 0 Å². The van der Waals surface area contributed by atoms with Crippen LogP contribution in [-0.2, 0) is 0 Å². The SMILES string of the molecule is CCNC(c1sc(C)cc1Br)C1CC1c1ccccc1. The molecular formula is C17H20BrNS. The Morgan fingerprint density at radius 2 is 2.10 bits per heavy atom. The second-order valence-corrected chi connectivity index (χ2v) is 7.66. The minimum Gasteiger partial charge on any atom is -0.309 e. The normalized spacial score (nSPS) is 22.8. The van der Waals surface area contributed by atoms with E-state index in [1.165, 1.54) is 26.2 Å².